The number of unbranched alkanes of at least 4 members (excludes halogenated alkanes) is 8. The molecular weight excluding hydrogens is 332 g/mol. The molecular formula is C25H48O2. The molecule has 2 nitrogen and oxygen atoms in total. The number of carboxylic acids is 1. The van der Waals surface area contributed by atoms with Crippen molar-refractivity contribution in [1.82, 2.24) is 0 Å². The quantitative estimate of drug-likeness (QED) is 0.180. The van der Waals surface area contributed by atoms with Gasteiger partial charge in [-0.2, -0.15) is 0 Å². The molecule has 0 aromatic heterocycles. The zero-order valence-electron chi connectivity index (χ0n) is 18.9. The smallest absolute Gasteiger partial charge is 0.303 e. The summed E-state index contributed by atoms with van der Waals surface area (Å²) >= 11 is 0. The minimum Gasteiger partial charge on any atom is -0.481 e. The van der Waals surface area contributed by atoms with Gasteiger partial charge < -0.3 is 5.11 Å². The molecule has 2 heteroatoms. The van der Waals surface area contributed by atoms with Crippen molar-refractivity contribution in [3.8, 4) is 0 Å². The number of rotatable bonds is 19. The van der Waals surface area contributed by atoms with E-state index in [0.717, 1.165) is 18.8 Å². The predicted molar refractivity (Wildman–Crippen MR) is 119 cm³/mol. The van der Waals surface area contributed by atoms with Gasteiger partial charge in [0.15, 0.2) is 0 Å². The standard InChI is InChI=1S/C25H48O2/c1-5-6-7-8-9-10-11-12-13-16-22(2)17-14-18-23(3)19-15-20-24(4)21-25(26)27/h19,22,24H,5-18,20-21H2,1-4H3,(H,26,27). The molecule has 0 amide bonds. The van der Waals surface area contributed by atoms with Crippen molar-refractivity contribution in [3.63, 3.8) is 0 Å². The molecule has 2 atom stereocenters. The lowest BCUT2D eigenvalue weighted by molar-refractivity contribution is -0.138. The van der Waals surface area contributed by atoms with E-state index in [-0.39, 0.29) is 5.92 Å². The van der Waals surface area contributed by atoms with Crippen LogP contribution in [0.25, 0.3) is 0 Å². The summed E-state index contributed by atoms with van der Waals surface area (Å²) in [5, 5.41) is 8.79. The summed E-state index contributed by atoms with van der Waals surface area (Å²) < 4.78 is 0. The lowest BCUT2D eigenvalue weighted by Gasteiger charge is -2.11. The Morgan fingerprint density at radius 3 is 1.96 bits per heavy atom. The first-order chi connectivity index (χ1) is 13.0. The van der Waals surface area contributed by atoms with E-state index < -0.39 is 5.97 Å². The molecule has 0 heterocycles. The van der Waals surface area contributed by atoms with Gasteiger partial charge in [-0.3, -0.25) is 4.79 Å². The molecule has 0 aromatic carbocycles. The summed E-state index contributed by atoms with van der Waals surface area (Å²) in [6.07, 6.45) is 22.6. The molecule has 0 spiro atoms. The molecule has 160 valence electrons. The van der Waals surface area contributed by atoms with Gasteiger partial charge >= 0.3 is 5.97 Å². The number of allylic oxidation sites excluding steroid dienone is 2. The van der Waals surface area contributed by atoms with Gasteiger partial charge in [0.25, 0.3) is 0 Å². The Balaban J connectivity index is 3.52. The number of carboxylic acid groups (broad SMARTS) is 1. The van der Waals surface area contributed by atoms with Gasteiger partial charge in [0, 0.05) is 6.42 Å². The van der Waals surface area contributed by atoms with Crippen molar-refractivity contribution >= 4 is 5.97 Å². The van der Waals surface area contributed by atoms with E-state index in [1.54, 1.807) is 0 Å². The minimum absolute atomic E-state index is 0.280. The summed E-state index contributed by atoms with van der Waals surface area (Å²) in [5.41, 5.74) is 1.48. The fourth-order valence-corrected chi connectivity index (χ4v) is 3.79. The van der Waals surface area contributed by atoms with Crippen LogP contribution in [0.2, 0.25) is 0 Å². The first kappa shape index (κ1) is 26.2. The Hall–Kier alpha value is -0.790. The minimum atomic E-state index is -0.677. The SMILES string of the molecule is CCCCCCCCCCCC(C)CCCC(C)=CCCC(C)CC(=O)O. The second-order valence-corrected chi connectivity index (χ2v) is 8.95. The lowest BCUT2D eigenvalue weighted by atomic mass is 9.95. The van der Waals surface area contributed by atoms with Crippen LogP contribution in [0.5, 0.6) is 0 Å². The molecule has 0 radical (unpaired) electrons. The Kier molecular flexibility index (Phi) is 18.0. The van der Waals surface area contributed by atoms with Crippen LogP contribution >= 0.6 is 0 Å². The number of hydrogen-bond acceptors (Lipinski definition) is 1. The van der Waals surface area contributed by atoms with E-state index >= 15 is 0 Å². The predicted octanol–water partition coefficient (Wildman–Crippen LogP) is 8.55. The monoisotopic (exact) mass is 380 g/mol. The molecule has 0 rings (SSSR count). The molecule has 0 aromatic rings. The molecule has 0 saturated heterocycles. The van der Waals surface area contributed by atoms with Crippen molar-refractivity contribution in [2.24, 2.45) is 11.8 Å². The Labute approximate surface area is 170 Å². The van der Waals surface area contributed by atoms with Gasteiger partial charge in [-0.25, -0.2) is 0 Å². The van der Waals surface area contributed by atoms with Crippen LogP contribution in [0.1, 0.15) is 130 Å². The highest BCUT2D eigenvalue weighted by Gasteiger charge is 2.06. The fourth-order valence-electron chi connectivity index (χ4n) is 3.79. The Morgan fingerprint density at radius 1 is 0.815 bits per heavy atom. The van der Waals surface area contributed by atoms with E-state index in [4.69, 9.17) is 5.11 Å². The molecule has 0 aliphatic carbocycles. The van der Waals surface area contributed by atoms with E-state index in [9.17, 15) is 4.79 Å². The van der Waals surface area contributed by atoms with Crippen molar-refractivity contribution < 1.29 is 9.90 Å². The molecule has 0 aliphatic rings. The molecule has 27 heavy (non-hydrogen) atoms. The zero-order chi connectivity index (χ0) is 20.3. The number of hydrogen-bond donors (Lipinski definition) is 1. The van der Waals surface area contributed by atoms with Gasteiger partial charge in [-0.1, -0.05) is 103 Å². The second-order valence-electron chi connectivity index (χ2n) is 8.95. The van der Waals surface area contributed by atoms with Gasteiger partial charge in [-0.15, -0.1) is 0 Å². The van der Waals surface area contributed by atoms with Gasteiger partial charge in [0.1, 0.15) is 0 Å². The Bertz CT molecular complexity index is 373. The summed E-state index contributed by atoms with van der Waals surface area (Å²) in [7, 11) is 0. The maximum atomic E-state index is 10.7. The average molecular weight is 381 g/mol. The molecule has 0 aliphatic heterocycles. The summed E-state index contributed by atoms with van der Waals surface area (Å²) in [4.78, 5) is 10.7. The summed E-state index contributed by atoms with van der Waals surface area (Å²) in [6, 6.07) is 0. The topological polar surface area (TPSA) is 37.3 Å². The highest BCUT2D eigenvalue weighted by Crippen LogP contribution is 2.20. The normalized spacial score (nSPS) is 14.3. The van der Waals surface area contributed by atoms with Crippen molar-refractivity contribution in [1.29, 1.82) is 0 Å². The van der Waals surface area contributed by atoms with Crippen LogP contribution < -0.4 is 0 Å². The molecule has 0 saturated carbocycles. The third-order valence-corrected chi connectivity index (χ3v) is 5.74. The fraction of sp³-hybridized carbons (Fsp3) is 0.880. The Morgan fingerprint density at radius 2 is 1.37 bits per heavy atom. The highest BCUT2D eigenvalue weighted by atomic mass is 16.4. The van der Waals surface area contributed by atoms with Crippen molar-refractivity contribution in [2.75, 3.05) is 0 Å². The van der Waals surface area contributed by atoms with E-state index in [0.29, 0.717) is 6.42 Å². The van der Waals surface area contributed by atoms with Crippen molar-refractivity contribution in [3.05, 3.63) is 11.6 Å². The highest BCUT2D eigenvalue weighted by molar-refractivity contribution is 5.66. The largest absolute Gasteiger partial charge is 0.481 e. The van der Waals surface area contributed by atoms with Crippen LogP contribution in [0.3, 0.4) is 0 Å². The van der Waals surface area contributed by atoms with Crippen LogP contribution in [0.15, 0.2) is 11.6 Å². The van der Waals surface area contributed by atoms with Crippen LogP contribution in [-0.2, 0) is 4.79 Å². The van der Waals surface area contributed by atoms with E-state index in [1.807, 2.05) is 6.92 Å². The van der Waals surface area contributed by atoms with Gasteiger partial charge in [0.05, 0.1) is 0 Å². The molecule has 1 N–H and O–H groups in total. The number of carbonyl (C=O) groups is 1. The van der Waals surface area contributed by atoms with E-state index in [2.05, 4.69) is 26.8 Å². The molecule has 2 unspecified atom stereocenters. The first-order valence-electron chi connectivity index (χ1n) is 11.8. The molecule has 0 fully saturated rings. The van der Waals surface area contributed by atoms with E-state index in [1.165, 1.54) is 89.0 Å². The van der Waals surface area contributed by atoms with Gasteiger partial charge in [-0.05, 0) is 44.4 Å². The summed E-state index contributed by atoms with van der Waals surface area (Å²) in [6.45, 7) is 8.96. The first-order valence-corrected chi connectivity index (χ1v) is 11.8. The van der Waals surface area contributed by atoms with Crippen LogP contribution in [0.4, 0.5) is 0 Å². The van der Waals surface area contributed by atoms with Gasteiger partial charge in [0.2, 0.25) is 0 Å². The lowest BCUT2D eigenvalue weighted by Crippen LogP contribution is -2.03. The number of aliphatic carboxylic acids is 1. The maximum Gasteiger partial charge on any atom is 0.303 e. The zero-order valence-corrected chi connectivity index (χ0v) is 18.9. The third kappa shape index (κ3) is 19.8. The second kappa shape index (κ2) is 18.6. The average Bonchev–Trinajstić information content (AvgIpc) is 2.59. The maximum absolute atomic E-state index is 10.7. The van der Waals surface area contributed by atoms with Crippen molar-refractivity contribution in [2.45, 2.75) is 130 Å². The summed E-state index contributed by atoms with van der Waals surface area (Å²) in [5.74, 6) is 0.463. The molecule has 0 bridgehead atoms. The van der Waals surface area contributed by atoms with Crippen LogP contribution in [-0.4, -0.2) is 11.1 Å². The third-order valence-electron chi connectivity index (χ3n) is 5.74. The van der Waals surface area contributed by atoms with Crippen LogP contribution in [0, 0.1) is 11.8 Å².